The van der Waals surface area contributed by atoms with Gasteiger partial charge in [-0.3, -0.25) is 0 Å². The van der Waals surface area contributed by atoms with Gasteiger partial charge in [-0.15, -0.1) is 0 Å². The van der Waals surface area contributed by atoms with Gasteiger partial charge in [0.05, 0.1) is 0 Å². The van der Waals surface area contributed by atoms with Gasteiger partial charge < -0.3 is 10.2 Å². The van der Waals surface area contributed by atoms with Gasteiger partial charge in [-0.2, -0.15) is 0 Å². The monoisotopic (exact) mass is 198 g/mol. The van der Waals surface area contributed by atoms with Crippen LogP contribution in [0.25, 0.3) is 0 Å². The van der Waals surface area contributed by atoms with E-state index in [0.29, 0.717) is 11.3 Å². The summed E-state index contributed by atoms with van der Waals surface area (Å²) in [5, 5.41) is 2.68. The minimum absolute atomic E-state index is 0.0707. The average Bonchev–Trinajstić information content (AvgIpc) is 2.48. The second-order valence-corrected chi connectivity index (χ2v) is 5.42. The molecule has 0 aliphatic carbocycles. The van der Waals surface area contributed by atoms with Crippen molar-refractivity contribution in [3.8, 4) is 0 Å². The molecule has 1 aliphatic rings. The van der Waals surface area contributed by atoms with Crippen LogP contribution in [0.5, 0.6) is 0 Å². The van der Waals surface area contributed by atoms with Crippen molar-refractivity contribution in [3.63, 3.8) is 0 Å². The Hall–Kier alpha value is -0.730. The molecule has 1 atom stereocenters. The third-order valence-electron chi connectivity index (χ3n) is 2.69. The van der Waals surface area contributed by atoms with Gasteiger partial charge in [0.2, 0.25) is 0 Å². The standard InChI is InChI=1S/C11H22N2O/c1-11(2,3)7-9-5-6-13(8-9)10(14)12-4/h9H,5-8H2,1-4H3,(H,12,14)/t9-/m1/s1. The highest BCUT2D eigenvalue weighted by atomic mass is 16.2. The maximum Gasteiger partial charge on any atom is 0.317 e. The van der Waals surface area contributed by atoms with Crippen molar-refractivity contribution in [2.45, 2.75) is 33.6 Å². The molecule has 0 spiro atoms. The van der Waals surface area contributed by atoms with Crippen LogP contribution in [0.1, 0.15) is 33.6 Å². The van der Waals surface area contributed by atoms with Crippen LogP contribution < -0.4 is 5.32 Å². The van der Waals surface area contributed by atoms with Crippen LogP contribution in [-0.2, 0) is 0 Å². The summed E-state index contributed by atoms with van der Waals surface area (Å²) in [6.45, 7) is 8.62. The zero-order chi connectivity index (χ0) is 10.8. The van der Waals surface area contributed by atoms with Crippen LogP contribution in [0.3, 0.4) is 0 Å². The average molecular weight is 198 g/mol. The minimum Gasteiger partial charge on any atom is -0.341 e. The van der Waals surface area contributed by atoms with Crippen molar-refractivity contribution in [1.29, 1.82) is 0 Å². The Kier molecular flexibility index (Phi) is 3.40. The lowest BCUT2D eigenvalue weighted by molar-refractivity contribution is 0.206. The molecule has 0 aromatic heterocycles. The molecule has 1 fully saturated rings. The summed E-state index contributed by atoms with van der Waals surface area (Å²) >= 11 is 0. The Bertz CT molecular complexity index is 208. The van der Waals surface area contributed by atoms with Crippen molar-refractivity contribution in [2.24, 2.45) is 11.3 Å². The van der Waals surface area contributed by atoms with Crippen molar-refractivity contribution >= 4 is 6.03 Å². The Morgan fingerprint density at radius 1 is 1.50 bits per heavy atom. The topological polar surface area (TPSA) is 32.3 Å². The molecule has 0 saturated carbocycles. The van der Waals surface area contributed by atoms with Gasteiger partial charge >= 0.3 is 6.03 Å². The molecular weight excluding hydrogens is 176 g/mol. The SMILES string of the molecule is CNC(=O)N1CC[C@H](CC(C)(C)C)C1. The number of rotatable bonds is 1. The fourth-order valence-corrected chi connectivity index (χ4v) is 2.21. The molecule has 1 aliphatic heterocycles. The number of nitrogens with one attached hydrogen (secondary N) is 1. The molecular formula is C11H22N2O. The van der Waals surface area contributed by atoms with Crippen LogP contribution in [0.2, 0.25) is 0 Å². The number of hydrogen-bond acceptors (Lipinski definition) is 1. The molecule has 0 unspecified atom stereocenters. The quantitative estimate of drug-likeness (QED) is 0.687. The Labute approximate surface area is 86.9 Å². The van der Waals surface area contributed by atoms with E-state index in [4.69, 9.17) is 0 Å². The van der Waals surface area contributed by atoms with Gasteiger partial charge in [0.1, 0.15) is 0 Å². The largest absolute Gasteiger partial charge is 0.341 e. The summed E-state index contributed by atoms with van der Waals surface area (Å²) in [5.74, 6) is 0.687. The van der Waals surface area contributed by atoms with E-state index in [9.17, 15) is 4.79 Å². The Balaban J connectivity index is 2.38. The molecule has 0 aromatic rings. The van der Waals surface area contributed by atoms with Crippen molar-refractivity contribution in [3.05, 3.63) is 0 Å². The predicted molar refractivity (Wildman–Crippen MR) is 58.2 cm³/mol. The van der Waals surface area contributed by atoms with Crippen LogP contribution in [0.15, 0.2) is 0 Å². The molecule has 82 valence electrons. The molecule has 1 saturated heterocycles. The third kappa shape index (κ3) is 3.20. The smallest absolute Gasteiger partial charge is 0.317 e. The van der Waals surface area contributed by atoms with E-state index in [0.717, 1.165) is 19.5 Å². The predicted octanol–water partition coefficient (Wildman–Crippen LogP) is 2.08. The first kappa shape index (κ1) is 11.3. The third-order valence-corrected chi connectivity index (χ3v) is 2.69. The summed E-state index contributed by atoms with van der Waals surface area (Å²) in [7, 11) is 1.69. The lowest BCUT2D eigenvalue weighted by atomic mass is 9.84. The molecule has 0 aromatic carbocycles. The zero-order valence-corrected chi connectivity index (χ0v) is 9.76. The fraction of sp³-hybridized carbons (Fsp3) is 0.909. The number of carbonyl (C=O) groups is 1. The number of likely N-dealkylation sites (tertiary alicyclic amines) is 1. The Morgan fingerprint density at radius 2 is 2.14 bits per heavy atom. The van der Waals surface area contributed by atoms with E-state index in [2.05, 4.69) is 26.1 Å². The van der Waals surface area contributed by atoms with E-state index in [1.807, 2.05) is 4.90 Å². The van der Waals surface area contributed by atoms with E-state index in [-0.39, 0.29) is 6.03 Å². The summed E-state index contributed by atoms with van der Waals surface area (Å²) in [6, 6.07) is 0.0707. The van der Waals surface area contributed by atoms with Crippen molar-refractivity contribution in [2.75, 3.05) is 20.1 Å². The number of hydrogen-bond donors (Lipinski definition) is 1. The van der Waals surface area contributed by atoms with E-state index in [1.165, 1.54) is 6.42 Å². The second kappa shape index (κ2) is 4.20. The molecule has 0 radical (unpaired) electrons. The molecule has 0 bridgehead atoms. The molecule has 2 amide bonds. The highest BCUT2D eigenvalue weighted by molar-refractivity contribution is 5.74. The summed E-state index contributed by atoms with van der Waals surface area (Å²) in [4.78, 5) is 13.3. The summed E-state index contributed by atoms with van der Waals surface area (Å²) < 4.78 is 0. The van der Waals surface area contributed by atoms with Crippen LogP contribution in [0, 0.1) is 11.3 Å². The maximum atomic E-state index is 11.3. The molecule has 1 heterocycles. The molecule has 14 heavy (non-hydrogen) atoms. The highest BCUT2D eigenvalue weighted by Gasteiger charge is 2.28. The fourth-order valence-electron chi connectivity index (χ4n) is 2.21. The lowest BCUT2D eigenvalue weighted by Crippen LogP contribution is -2.36. The molecule has 1 rings (SSSR count). The maximum absolute atomic E-state index is 11.3. The molecule has 3 nitrogen and oxygen atoms in total. The van der Waals surface area contributed by atoms with Crippen molar-refractivity contribution < 1.29 is 4.79 Å². The Morgan fingerprint density at radius 3 is 2.64 bits per heavy atom. The van der Waals surface area contributed by atoms with Gasteiger partial charge in [-0.05, 0) is 24.2 Å². The number of carbonyl (C=O) groups excluding carboxylic acids is 1. The van der Waals surface area contributed by atoms with Gasteiger partial charge in [0, 0.05) is 20.1 Å². The van der Waals surface area contributed by atoms with E-state index >= 15 is 0 Å². The van der Waals surface area contributed by atoms with Gasteiger partial charge in [-0.1, -0.05) is 20.8 Å². The van der Waals surface area contributed by atoms with Gasteiger partial charge in [0.15, 0.2) is 0 Å². The van der Waals surface area contributed by atoms with Crippen molar-refractivity contribution in [1.82, 2.24) is 10.2 Å². The molecule has 1 N–H and O–H groups in total. The van der Waals surface area contributed by atoms with E-state index in [1.54, 1.807) is 7.05 Å². The summed E-state index contributed by atoms with van der Waals surface area (Å²) in [5.41, 5.74) is 0.378. The second-order valence-electron chi connectivity index (χ2n) is 5.42. The number of amides is 2. The molecule has 3 heteroatoms. The van der Waals surface area contributed by atoms with Gasteiger partial charge in [0.25, 0.3) is 0 Å². The van der Waals surface area contributed by atoms with Gasteiger partial charge in [-0.25, -0.2) is 4.79 Å². The van der Waals surface area contributed by atoms with Crippen LogP contribution in [0.4, 0.5) is 4.79 Å². The van der Waals surface area contributed by atoms with Crippen LogP contribution >= 0.6 is 0 Å². The number of urea groups is 1. The normalized spacial score (nSPS) is 22.6. The minimum atomic E-state index is 0.0707. The first-order valence-electron chi connectivity index (χ1n) is 5.39. The lowest BCUT2D eigenvalue weighted by Gasteiger charge is -2.23. The van der Waals surface area contributed by atoms with E-state index < -0.39 is 0 Å². The highest BCUT2D eigenvalue weighted by Crippen LogP contribution is 2.30. The van der Waals surface area contributed by atoms with Crippen LogP contribution in [-0.4, -0.2) is 31.1 Å². The first-order chi connectivity index (χ1) is 6.42. The zero-order valence-electron chi connectivity index (χ0n) is 9.76. The summed E-state index contributed by atoms with van der Waals surface area (Å²) in [6.07, 6.45) is 2.37. The number of nitrogens with zero attached hydrogens (tertiary/aromatic N) is 1. The first-order valence-corrected chi connectivity index (χ1v) is 5.39.